The Balaban J connectivity index is 2.74. The van der Waals surface area contributed by atoms with E-state index < -0.39 is 10.0 Å². The summed E-state index contributed by atoms with van der Waals surface area (Å²) >= 11 is 3.21. The van der Waals surface area contributed by atoms with Crippen LogP contribution < -0.4 is 4.72 Å². The van der Waals surface area contributed by atoms with Crippen LogP contribution in [0.1, 0.15) is 0 Å². The zero-order valence-corrected chi connectivity index (χ0v) is 12.6. The Morgan fingerprint density at radius 3 is 2.56 bits per heavy atom. The van der Waals surface area contributed by atoms with Gasteiger partial charge in [-0.2, -0.15) is 0 Å². The first kappa shape index (κ1) is 15.6. The summed E-state index contributed by atoms with van der Waals surface area (Å²) in [6.07, 6.45) is -0.313. The normalized spacial score (nSPS) is 13.5. The molecule has 102 valence electrons. The van der Waals surface area contributed by atoms with Crippen LogP contribution in [0.3, 0.4) is 0 Å². The second kappa shape index (κ2) is 7.20. The lowest BCUT2D eigenvalue weighted by Crippen LogP contribution is -2.35. The molecule has 0 bridgehead atoms. The van der Waals surface area contributed by atoms with E-state index in [-0.39, 0.29) is 17.5 Å². The van der Waals surface area contributed by atoms with Gasteiger partial charge in [-0.05, 0) is 28.1 Å². The maximum atomic E-state index is 12.0. The van der Waals surface area contributed by atoms with Crippen molar-refractivity contribution in [2.75, 3.05) is 27.4 Å². The highest BCUT2D eigenvalue weighted by molar-refractivity contribution is 9.10. The summed E-state index contributed by atoms with van der Waals surface area (Å²) in [5, 5.41) is 0. The number of rotatable bonds is 7. The molecular weight excluding hydrogens is 322 g/mol. The van der Waals surface area contributed by atoms with Crippen LogP contribution in [0.5, 0.6) is 0 Å². The fraction of sp³-hybridized carbons (Fsp3) is 0.455. The lowest BCUT2D eigenvalue weighted by Gasteiger charge is -2.15. The molecule has 0 aliphatic carbocycles. The van der Waals surface area contributed by atoms with E-state index in [1.807, 2.05) is 0 Å². The summed E-state index contributed by atoms with van der Waals surface area (Å²) < 4.78 is 37.1. The van der Waals surface area contributed by atoms with Crippen LogP contribution in [0.25, 0.3) is 0 Å². The molecule has 0 spiro atoms. The van der Waals surface area contributed by atoms with Crippen molar-refractivity contribution in [2.45, 2.75) is 11.0 Å². The first-order chi connectivity index (χ1) is 8.51. The maximum absolute atomic E-state index is 12.0. The van der Waals surface area contributed by atoms with Crippen LogP contribution in [-0.2, 0) is 19.5 Å². The number of ether oxygens (including phenoxy) is 2. The van der Waals surface area contributed by atoms with Crippen molar-refractivity contribution in [1.82, 2.24) is 4.72 Å². The average Bonchev–Trinajstić information content (AvgIpc) is 2.34. The highest BCUT2D eigenvalue weighted by Gasteiger charge is 2.18. The molecule has 5 nitrogen and oxygen atoms in total. The molecule has 0 aromatic heterocycles. The monoisotopic (exact) mass is 337 g/mol. The number of sulfonamides is 1. The molecule has 1 atom stereocenters. The van der Waals surface area contributed by atoms with Crippen LogP contribution in [0, 0.1) is 0 Å². The third-order valence-electron chi connectivity index (χ3n) is 2.31. The van der Waals surface area contributed by atoms with Crippen molar-refractivity contribution in [3.63, 3.8) is 0 Å². The molecule has 0 aliphatic rings. The van der Waals surface area contributed by atoms with Gasteiger partial charge >= 0.3 is 0 Å². The summed E-state index contributed by atoms with van der Waals surface area (Å²) in [5.41, 5.74) is 0. The van der Waals surface area contributed by atoms with Crippen LogP contribution in [-0.4, -0.2) is 41.9 Å². The van der Waals surface area contributed by atoms with Gasteiger partial charge < -0.3 is 9.47 Å². The van der Waals surface area contributed by atoms with Gasteiger partial charge in [0.2, 0.25) is 10.0 Å². The van der Waals surface area contributed by atoms with E-state index >= 15 is 0 Å². The summed E-state index contributed by atoms with van der Waals surface area (Å²) in [6.45, 7) is 0.489. The number of halogens is 1. The SMILES string of the molecule is COCC(CNS(=O)(=O)c1ccccc1Br)OC. The molecule has 0 saturated carbocycles. The van der Waals surface area contributed by atoms with Crippen molar-refractivity contribution >= 4 is 26.0 Å². The molecule has 0 heterocycles. The predicted molar refractivity (Wildman–Crippen MR) is 72.0 cm³/mol. The van der Waals surface area contributed by atoms with E-state index in [1.165, 1.54) is 20.3 Å². The van der Waals surface area contributed by atoms with E-state index in [0.717, 1.165) is 0 Å². The molecule has 0 radical (unpaired) electrons. The van der Waals surface area contributed by atoms with E-state index in [1.54, 1.807) is 18.2 Å². The van der Waals surface area contributed by atoms with E-state index in [0.29, 0.717) is 11.1 Å². The Labute approximate surface area is 116 Å². The molecule has 0 amide bonds. The van der Waals surface area contributed by atoms with Crippen molar-refractivity contribution in [3.05, 3.63) is 28.7 Å². The molecule has 0 aliphatic heterocycles. The Morgan fingerprint density at radius 2 is 2.00 bits per heavy atom. The summed E-state index contributed by atoms with van der Waals surface area (Å²) in [4.78, 5) is 0.206. The maximum Gasteiger partial charge on any atom is 0.241 e. The molecule has 7 heteroatoms. The standard InChI is InChI=1S/C11H16BrNO4S/c1-16-8-9(17-2)7-13-18(14,15)11-6-4-3-5-10(11)12/h3-6,9,13H,7-8H2,1-2H3. The molecular formula is C11H16BrNO4S. The zero-order valence-electron chi connectivity index (χ0n) is 10.2. The smallest absolute Gasteiger partial charge is 0.241 e. The summed E-state index contributed by atoms with van der Waals surface area (Å²) in [5.74, 6) is 0. The van der Waals surface area contributed by atoms with E-state index in [4.69, 9.17) is 9.47 Å². The molecule has 1 aromatic carbocycles. The van der Waals surface area contributed by atoms with Gasteiger partial charge in [-0.25, -0.2) is 13.1 Å². The van der Waals surface area contributed by atoms with Gasteiger partial charge in [0.1, 0.15) is 0 Å². The van der Waals surface area contributed by atoms with Crippen molar-refractivity contribution in [2.24, 2.45) is 0 Å². The molecule has 1 aromatic rings. The highest BCUT2D eigenvalue weighted by Crippen LogP contribution is 2.20. The predicted octanol–water partition coefficient (Wildman–Crippen LogP) is 1.39. The lowest BCUT2D eigenvalue weighted by molar-refractivity contribution is 0.0320. The number of methoxy groups -OCH3 is 2. The number of benzene rings is 1. The first-order valence-electron chi connectivity index (χ1n) is 5.27. The van der Waals surface area contributed by atoms with Gasteiger partial charge in [-0.1, -0.05) is 12.1 Å². The second-order valence-corrected chi connectivity index (χ2v) is 6.19. The number of nitrogens with one attached hydrogen (secondary N) is 1. The summed E-state index contributed by atoms with van der Waals surface area (Å²) in [6, 6.07) is 6.64. The minimum Gasteiger partial charge on any atom is -0.382 e. The van der Waals surface area contributed by atoms with Gasteiger partial charge in [0.15, 0.2) is 0 Å². The van der Waals surface area contributed by atoms with Gasteiger partial charge in [0, 0.05) is 25.2 Å². The zero-order chi connectivity index (χ0) is 13.6. The van der Waals surface area contributed by atoms with E-state index in [2.05, 4.69) is 20.7 Å². The minimum atomic E-state index is -3.55. The second-order valence-electron chi connectivity index (χ2n) is 3.60. The largest absolute Gasteiger partial charge is 0.382 e. The Kier molecular flexibility index (Phi) is 6.24. The van der Waals surface area contributed by atoms with Crippen molar-refractivity contribution < 1.29 is 17.9 Å². The van der Waals surface area contributed by atoms with Crippen molar-refractivity contribution in [3.8, 4) is 0 Å². The van der Waals surface area contributed by atoms with Crippen molar-refractivity contribution in [1.29, 1.82) is 0 Å². The van der Waals surface area contributed by atoms with Crippen LogP contribution in [0.4, 0.5) is 0 Å². The Bertz CT molecular complexity index is 478. The molecule has 1 rings (SSSR count). The van der Waals surface area contributed by atoms with Gasteiger partial charge in [-0.15, -0.1) is 0 Å². The summed E-state index contributed by atoms with van der Waals surface area (Å²) in [7, 11) is -0.501. The van der Waals surface area contributed by atoms with E-state index in [9.17, 15) is 8.42 Å². The Morgan fingerprint density at radius 1 is 1.33 bits per heavy atom. The average molecular weight is 338 g/mol. The van der Waals surface area contributed by atoms with Crippen LogP contribution in [0.2, 0.25) is 0 Å². The number of hydrogen-bond donors (Lipinski definition) is 1. The van der Waals surface area contributed by atoms with Crippen LogP contribution >= 0.6 is 15.9 Å². The molecule has 1 N–H and O–H groups in total. The molecule has 0 fully saturated rings. The third-order valence-corrected chi connectivity index (χ3v) is 4.75. The lowest BCUT2D eigenvalue weighted by atomic mass is 10.4. The third kappa shape index (κ3) is 4.33. The molecule has 1 unspecified atom stereocenters. The fourth-order valence-electron chi connectivity index (χ4n) is 1.34. The fourth-order valence-corrected chi connectivity index (χ4v) is 3.41. The van der Waals surface area contributed by atoms with Gasteiger partial charge in [0.25, 0.3) is 0 Å². The van der Waals surface area contributed by atoms with Gasteiger partial charge in [0.05, 0.1) is 17.6 Å². The highest BCUT2D eigenvalue weighted by atomic mass is 79.9. The topological polar surface area (TPSA) is 64.6 Å². The Hall–Kier alpha value is -0.470. The van der Waals surface area contributed by atoms with Crippen LogP contribution in [0.15, 0.2) is 33.6 Å². The quantitative estimate of drug-likeness (QED) is 0.816. The van der Waals surface area contributed by atoms with Gasteiger partial charge in [-0.3, -0.25) is 0 Å². The first-order valence-corrected chi connectivity index (χ1v) is 7.54. The minimum absolute atomic E-state index is 0.161. The molecule has 0 saturated heterocycles. The molecule has 18 heavy (non-hydrogen) atoms. The number of hydrogen-bond acceptors (Lipinski definition) is 4.